The van der Waals surface area contributed by atoms with Crippen molar-refractivity contribution in [3.63, 3.8) is 0 Å². The minimum absolute atomic E-state index is 0.150. The average molecular weight is 288 g/mol. The molecular formula is C13H22BrNO. The van der Waals surface area contributed by atoms with Crippen LogP contribution in [0.2, 0.25) is 0 Å². The van der Waals surface area contributed by atoms with E-state index in [4.69, 9.17) is 0 Å². The summed E-state index contributed by atoms with van der Waals surface area (Å²) in [6, 6.07) is 0. The molecule has 2 rings (SSSR count). The van der Waals surface area contributed by atoms with Gasteiger partial charge in [0.1, 0.15) is 0 Å². The Balaban J connectivity index is 1.90. The summed E-state index contributed by atoms with van der Waals surface area (Å²) < 4.78 is 0. The zero-order chi connectivity index (χ0) is 11.9. The van der Waals surface area contributed by atoms with Gasteiger partial charge < -0.3 is 5.32 Å². The Hall–Kier alpha value is -0.0500. The summed E-state index contributed by atoms with van der Waals surface area (Å²) in [5, 5.41) is 3.19. The smallest absolute Gasteiger partial charge is 0.224 e. The molecule has 3 atom stereocenters. The first-order chi connectivity index (χ1) is 7.43. The number of nitrogens with one attached hydrogen (secondary N) is 1. The summed E-state index contributed by atoms with van der Waals surface area (Å²) >= 11 is 3.56. The molecule has 3 unspecified atom stereocenters. The van der Waals surface area contributed by atoms with Gasteiger partial charge in [-0.25, -0.2) is 0 Å². The summed E-state index contributed by atoms with van der Waals surface area (Å²) in [4.78, 5) is 12.5. The average Bonchev–Trinajstić information content (AvgIpc) is 2.90. The van der Waals surface area contributed by atoms with Gasteiger partial charge in [0.25, 0.3) is 0 Å². The first kappa shape index (κ1) is 12.4. The topological polar surface area (TPSA) is 29.1 Å². The Labute approximate surface area is 107 Å². The van der Waals surface area contributed by atoms with E-state index in [0.29, 0.717) is 22.6 Å². The number of rotatable bonds is 3. The van der Waals surface area contributed by atoms with Gasteiger partial charge in [0.2, 0.25) is 5.91 Å². The van der Waals surface area contributed by atoms with Crippen LogP contribution in [-0.4, -0.2) is 16.3 Å². The first-order valence-electron chi connectivity index (χ1n) is 6.39. The molecule has 2 nitrogen and oxygen atoms in total. The van der Waals surface area contributed by atoms with Crippen molar-refractivity contribution in [2.45, 2.75) is 56.8 Å². The van der Waals surface area contributed by atoms with E-state index in [1.807, 2.05) is 0 Å². The third kappa shape index (κ3) is 2.29. The van der Waals surface area contributed by atoms with Gasteiger partial charge in [0.15, 0.2) is 0 Å². The van der Waals surface area contributed by atoms with E-state index in [1.54, 1.807) is 0 Å². The fraction of sp³-hybridized carbons (Fsp3) is 0.923. The van der Waals surface area contributed by atoms with Crippen molar-refractivity contribution in [3.05, 3.63) is 0 Å². The Morgan fingerprint density at radius 2 is 1.81 bits per heavy atom. The Morgan fingerprint density at radius 1 is 1.31 bits per heavy atom. The van der Waals surface area contributed by atoms with Gasteiger partial charge in [-0.2, -0.15) is 0 Å². The molecule has 0 radical (unpaired) electrons. The van der Waals surface area contributed by atoms with Gasteiger partial charge in [-0.05, 0) is 38.5 Å². The van der Waals surface area contributed by atoms with Crippen LogP contribution in [0.25, 0.3) is 0 Å². The lowest BCUT2D eigenvalue weighted by atomic mass is 10.0. The number of carbonyl (C=O) groups excluding carboxylic acids is 1. The number of alkyl halides is 1. The van der Waals surface area contributed by atoms with Crippen LogP contribution in [0.15, 0.2) is 0 Å². The second kappa shape index (κ2) is 4.32. The summed E-state index contributed by atoms with van der Waals surface area (Å²) in [6.45, 7) is 6.24. The molecule has 1 amide bonds. The number of amides is 1. The first-order valence-corrected chi connectivity index (χ1v) is 7.31. The van der Waals surface area contributed by atoms with Crippen LogP contribution < -0.4 is 5.32 Å². The van der Waals surface area contributed by atoms with E-state index in [2.05, 4.69) is 42.0 Å². The number of halogens is 1. The van der Waals surface area contributed by atoms with Crippen LogP contribution in [0.3, 0.4) is 0 Å². The van der Waals surface area contributed by atoms with Crippen molar-refractivity contribution < 1.29 is 4.79 Å². The Kier molecular flexibility index (Phi) is 3.35. The Bertz CT molecular complexity index is 276. The number of hydrogen-bond donors (Lipinski definition) is 1. The molecule has 2 fully saturated rings. The van der Waals surface area contributed by atoms with Gasteiger partial charge in [-0.15, -0.1) is 0 Å². The van der Waals surface area contributed by atoms with E-state index in [-0.39, 0.29) is 11.4 Å². The summed E-state index contributed by atoms with van der Waals surface area (Å²) in [5.41, 5.74) is -0.150. The second-order valence-electron chi connectivity index (χ2n) is 5.96. The maximum absolute atomic E-state index is 12.2. The molecule has 0 aliphatic heterocycles. The highest BCUT2D eigenvalue weighted by molar-refractivity contribution is 9.09. The molecule has 2 saturated carbocycles. The van der Waals surface area contributed by atoms with Crippen LogP contribution in [0.1, 0.15) is 46.5 Å². The van der Waals surface area contributed by atoms with Crippen molar-refractivity contribution in [2.24, 2.45) is 17.8 Å². The van der Waals surface area contributed by atoms with Crippen molar-refractivity contribution in [1.29, 1.82) is 0 Å². The van der Waals surface area contributed by atoms with Crippen LogP contribution in [0.5, 0.6) is 0 Å². The third-order valence-electron chi connectivity index (χ3n) is 4.40. The SMILES string of the molecule is CC(Br)C(C)(C)NC(=O)C1C2CCCCC21. The predicted molar refractivity (Wildman–Crippen MR) is 69.5 cm³/mol. The fourth-order valence-electron chi connectivity index (χ4n) is 2.88. The molecule has 2 aliphatic carbocycles. The normalized spacial score (nSPS) is 35.1. The molecule has 3 heteroatoms. The van der Waals surface area contributed by atoms with E-state index in [0.717, 1.165) is 0 Å². The van der Waals surface area contributed by atoms with Crippen molar-refractivity contribution in [2.75, 3.05) is 0 Å². The number of hydrogen-bond acceptors (Lipinski definition) is 1. The third-order valence-corrected chi connectivity index (χ3v) is 5.54. The van der Waals surface area contributed by atoms with E-state index in [9.17, 15) is 4.79 Å². The molecule has 0 aromatic carbocycles. The molecule has 92 valence electrons. The monoisotopic (exact) mass is 287 g/mol. The van der Waals surface area contributed by atoms with Crippen LogP contribution >= 0.6 is 15.9 Å². The van der Waals surface area contributed by atoms with E-state index < -0.39 is 0 Å². The molecule has 0 heterocycles. The maximum Gasteiger partial charge on any atom is 0.224 e. The number of carbonyl (C=O) groups is 1. The fourth-order valence-corrected chi connectivity index (χ4v) is 3.00. The highest BCUT2D eigenvalue weighted by Gasteiger charge is 2.55. The molecule has 0 bridgehead atoms. The Morgan fingerprint density at radius 3 is 2.25 bits per heavy atom. The van der Waals surface area contributed by atoms with E-state index in [1.165, 1.54) is 25.7 Å². The quantitative estimate of drug-likeness (QED) is 0.794. The van der Waals surface area contributed by atoms with Crippen LogP contribution in [-0.2, 0) is 4.79 Å². The minimum atomic E-state index is -0.150. The molecule has 0 aromatic heterocycles. The largest absolute Gasteiger partial charge is 0.350 e. The summed E-state index contributed by atoms with van der Waals surface area (Å²) in [6.07, 6.45) is 5.19. The molecule has 0 spiro atoms. The van der Waals surface area contributed by atoms with Gasteiger partial charge in [0, 0.05) is 16.3 Å². The molecule has 1 N–H and O–H groups in total. The van der Waals surface area contributed by atoms with Crippen LogP contribution in [0.4, 0.5) is 0 Å². The lowest BCUT2D eigenvalue weighted by Gasteiger charge is -2.29. The lowest BCUT2D eigenvalue weighted by Crippen LogP contribution is -2.49. The van der Waals surface area contributed by atoms with Gasteiger partial charge in [-0.1, -0.05) is 35.7 Å². The predicted octanol–water partition coefficient (Wildman–Crippen LogP) is 3.10. The zero-order valence-electron chi connectivity index (χ0n) is 10.4. The molecule has 2 aliphatic rings. The second-order valence-corrected chi connectivity index (χ2v) is 7.34. The lowest BCUT2D eigenvalue weighted by molar-refractivity contribution is -0.124. The van der Waals surface area contributed by atoms with Crippen LogP contribution in [0, 0.1) is 17.8 Å². The summed E-state index contributed by atoms with van der Waals surface area (Å²) in [5.74, 6) is 2.02. The zero-order valence-corrected chi connectivity index (χ0v) is 12.0. The highest BCUT2D eigenvalue weighted by Crippen LogP contribution is 2.55. The standard InChI is InChI=1S/C13H22BrNO/c1-8(14)13(2,3)15-12(16)11-9-6-4-5-7-10(9)11/h8-11H,4-7H2,1-3H3,(H,15,16). The molecule has 0 aromatic rings. The van der Waals surface area contributed by atoms with Gasteiger partial charge >= 0.3 is 0 Å². The maximum atomic E-state index is 12.2. The summed E-state index contributed by atoms with van der Waals surface area (Å²) in [7, 11) is 0. The van der Waals surface area contributed by atoms with Gasteiger partial charge in [-0.3, -0.25) is 4.79 Å². The van der Waals surface area contributed by atoms with E-state index >= 15 is 0 Å². The van der Waals surface area contributed by atoms with Crippen molar-refractivity contribution in [1.82, 2.24) is 5.32 Å². The number of fused-ring (bicyclic) bond motifs is 1. The van der Waals surface area contributed by atoms with Gasteiger partial charge in [0.05, 0.1) is 0 Å². The van der Waals surface area contributed by atoms with Crippen molar-refractivity contribution in [3.8, 4) is 0 Å². The molecular weight excluding hydrogens is 266 g/mol. The molecule has 16 heavy (non-hydrogen) atoms. The molecule has 0 saturated heterocycles. The highest BCUT2D eigenvalue weighted by atomic mass is 79.9. The van der Waals surface area contributed by atoms with Crippen molar-refractivity contribution >= 4 is 21.8 Å². The minimum Gasteiger partial charge on any atom is -0.350 e.